The molecule has 0 aliphatic heterocycles. The molecule has 7 nitrogen and oxygen atoms in total. The highest BCUT2D eigenvalue weighted by Gasteiger charge is 2.07. The summed E-state index contributed by atoms with van der Waals surface area (Å²) in [5, 5.41) is 8.05. The summed E-state index contributed by atoms with van der Waals surface area (Å²) in [7, 11) is 1.32. The van der Waals surface area contributed by atoms with E-state index in [9.17, 15) is 9.59 Å². The molecule has 0 saturated carbocycles. The van der Waals surface area contributed by atoms with Crippen LogP contribution in [0.4, 0.5) is 0 Å². The van der Waals surface area contributed by atoms with Gasteiger partial charge in [0.15, 0.2) is 0 Å². The normalized spacial score (nSPS) is 10.8. The van der Waals surface area contributed by atoms with Gasteiger partial charge in [-0.2, -0.15) is 0 Å². The molecule has 0 spiro atoms. The fourth-order valence-corrected chi connectivity index (χ4v) is 2.50. The number of aromatic nitrogens is 3. The second-order valence-corrected chi connectivity index (χ2v) is 5.96. The van der Waals surface area contributed by atoms with Crippen LogP contribution in [0.1, 0.15) is 27.2 Å². The van der Waals surface area contributed by atoms with Crippen molar-refractivity contribution in [2.24, 2.45) is 0 Å². The summed E-state index contributed by atoms with van der Waals surface area (Å²) in [6.45, 7) is 0.650. The van der Waals surface area contributed by atoms with Crippen molar-refractivity contribution in [1.82, 2.24) is 15.0 Å². The third-order valence-electron chi connectivity index (χ3n) is 3.86. The predicted molar refractivity (Wildman–Crippen MR) is 102 cm³/mol. The van der Waals surface area contributed by atoms with Gasteiger partial charge in [-0.1, -0.05) is 47.7 Å². The highest BCUT2D eigenvalue weighted by atomic mass is 16.5. The first kappa shape index (κ1) is 19.0. The third-order valence-corrected chi connectivity index (χ3v) is 3.86. The molecular formula is C21H19N3O4. The van der Waals surface area contributed by atoms with Crippen LogP contribution in [0, 0.1) is 0 Å². The number of hydrogen-bond acceptors (Lipinski definition) is 6. The zero-order valence-corrected chi connectivity index (χ0v) is 15.3. The van der Waals surface area contributed by atoms with Crippen molar-refractivity contribution < 1.29 is 19.1 Å². The molecule has 0 saturated heterocycles. The molecule has 0 N–H and O–H groups in total. The first-order valence-corrected chi connectivity index (χ1v) is 8.60. The van der Waals surface area contributed by atoms with Gasteiger partial charge in [0.05, 0.1) is 25.4 Å². The molecule has 0 unspecified atom stereocenters. The van der Waals surface area contributed by atoms with Crippen molar-refractivity contribution in [1.29, 1.82) is 0 Å². The number of benzene rings is 2. The van der Waals surface area contributed by atoms with E-state index in [-0.39, 0.29) is 6.61 Å². The van der Waals surface area contributed by atoms with Gasteiger partial charge in [-0.25, -0.2) is 14.3 Å². The Hall–Kier alpha value is -3.74. The van der Waals surface area contributed by atoms with E-state index in [1.165, 1.54) is 13.2 Å². The van der Waals surface area contributed by atoms with Crippen LogP contribution in [0.2, 0.25) is 0 Å². The number of methoxy groups -OCH3 is 1. The van der Waals surface area contributed by atoms with Gasteiger partial charge in [-0.15, -0.1) is 5.10 Å². The lowest BCUT2D eigenvalue weighted by molar-refractivity contribution is -0.138. The second-order valence-electron chi connectivity index (χ2n) is 5.96. The number of rotatable bonds is 7. The molecule has 3 rings (SSSR count). The largest absolute Gasteiger partial charge is 0.465 e. The summed E-state index contributed by atoms with van der Waals surface area (Å²) in [5.41, 5.74) is 2.76. The average Bonchev–Trinajstić information content (AvgIpc) is 3.18. The van der Waals surface area contributed by atoms with Crippen LogP contribution in [0.25, 0.3) is 6.08 Å². The Morgan fingerprint density at radius 1 is 1.07 bits per heavy atom. The number of esters is 2. The predicted octanol–water partition coefficient (Wildman–Crippen LogP) is 2.87. The Kier molecular flexibility index (Phi) is 6.30. The fourth-order valence-electron chi connectivity index (χ4n) is 2.50. The van der Waals surface area contributed by atoms with E-state index in [4.69, 9.17) is 4.74 Å². The molecule has 0 fully saturated rings. The van der Waals surface area contributed by atoms with E-state index in [1.54, 1.807) is 41.2 Å². The van der Waals surface area contributed by atoms with Crippen LogP contribution < -0.4 is 0 Å². The maximum absolute atomic E-state index is 11.9. The van der Waals surface area contributed by atoms with E-state index in [0.717, 1.165) is 5.56 Å². The molecule has 0 aliphatic carbocycles. The van der Waals surface area contributed by atoms with E-state index >= 15 is 0 Å². The van der Waals surface area contributed by atoms with Crippen LogP contribution in [0.15, 0.2) is 66.9 Å². The standard InChI is InChI=1S/C21H19N3O4/c1-27-21(26)18-9-5-8-17(12-18)15-28-20(25)11-10-19-14-24(23-22-19)13-16-6-3-2-4-7-16/h2-12,14H,13,15H2,1H3/b11-10+. The van der Waals surface area contributed by atoms with E-state index < -0.39 is 11.9 Å². The maximum Gasteiger partial charge on any atom is 0.337 e. The molecule has 28 heavy (non-hydrogen) atoms. The summed E-state index contributed by atoms with van der Waals surface area (Å²) in [6, 6.07) is 16.6. The SMILES string of the molecule is COC(=O)c1cccc(COC(=O)/C=C/c2cn(Cc3ccccc3)nn2)c1. The third kappa shape index (κ3) is 5.38. The van der Waals surface area contributed by atoms with Crippen LogP contribution >= 0.6 is 0 Å². The highest BCUT2D eigenvalue weighted by molar-refractivity contribution is 5.89. The molecule has 0 aliphatic rings. The average molecular weight is 377 g/mol. The Bertz CT molecular complexity index is 980. The molecule has 0 bridgehead atoms. The van der Waals surface area contributed by atoms with Gasteiger partial charge in [0.25, 0.3) is 0 Å². The van der Waals surface area contributed by atoms with E-state index in [0.29, 0.717) is 23.4 Å². The quantitative estimate of drug-likeness (QED) is 0.465. The summed E-state index contributed by atoms with van der Waals surface area (Å²) in [4.78, 5) is 23.4. The number of nitrogens with zero attached hydrogens (tertiary/aromatic N) is 3. The van der Waals surface area contributed by atoms with E-state index in [2.05, 4.69) is 15.0 Å². The Morgan fingerprint density at radius 2 is 1.86 bits per heavy atom. The highest BCUT2D eigenvalue weighted by Crippen LogP contribution is 2.09. The summed E-state index contributed by atoms with van der Waals surface area (Å²) in [6.07, 6.45) is 4.58. The van der Waals surface area contributed by atoms with Gasteiger partial charge in [0.2, 0.25) is 0 Å². The molecule has 3 aromatic rings. The van der Waals surface area contributed by atoms with Crippen molar-refractivity contribution in [3.63, 3.8) is 0 Å². The Balaban J connectivity index is 1.52. The van der Waals surface area contributed by atoms with Crippen LogP contribution in [0.3, 0.4) is 0 Å². The summed E-state index contributed by atoms with van der Waals surface area (Å²) in [5.74, 6) is -0.951. The number of hydrogen-bond donors (Lipinski definition) is 0. The molecule has 1 aromatic heterocycles. The van der Waals surface area contributed by atoms with E-state index in [1.807, 2.05) is 30.3 Å². The van der Waals surface area contributed by atoms with Gasteiger partial charge in [0, 0.05) is 6.08 Å². The molecule has 1 heterocycles. The molecule has 0 atom stereocenters. The van der Waals surface area contributed by atoms with Crippen molar-refractivity contribution in [2.45, 2.75) is 13.2 Å². The minimum Gasteiger partial charge on any atom is -0.465 e. The smallest absolute Gasteiger partial charge is 0.337 e. The van der Waals surface area contributed by atoms with Crippen LogP contribution in [-0.4, -0.2) is 34.0 Å². The monoisotopic (exact) mass is 377 g/mol. The molecule has 7 heteroatoms. The zero-order chi connectivity index (χ0) is 19.8. The Morgan fingerprint density at radius 3 is 2.64 bits per heavy atom. The lowest BCUT2D eigenvalue weighted by atomic mass is 10.1. The lowest BCUT2D eigenvalue weighted by Crippen LogP contribution is -2.04. The molecule has 2 aromatic carbocycles. The molecule has 0 amide bonds. The molecule has 0 radical (unpaired) electrons. The van der Waals surface area contributed by atoms with Gasteiger partial charge in [0.1, 0.15) is 12.3 Å². The number of ether oxygens (including phenoxy) is 2. The topological polar surface area (TPSA) is 83.3 Å². The molecule has 142 valence electrons. The lowest BCUT2D eigenvalue weighted by Gasteiger charge is -2.04. The van der Waals surface area contributed by atoms with Crippen molar-refractivity contribution in [3.8, 4) is 0 Å². The number of carbonyl (C=O) groups is 2. The maximum atomic E-state index is 11.9. The van der Waals surface area contributed by atoms with Crippen LogP contribution in [0.5, 0.6) is 0 Å². The van der Waals surface area contributed by atoms with Gasteiger partial charge < -0.3 is 9.47 Å². The van der Waals surface area contributed by atoms with Gasteiger partial charge >= 0.3 is 11.9 Å². The van der Waals surface area contributed by atoms with Crippen LogP contribution in [-0.2, 0) is 27.4 Å². The fraction of sp³-hybridized carbons (Fsp3) is 0.143. The summed E-state index contributed by atoms with van der Waals surface area (Å²) >= 11 is 0. The van der Waals surface area contributed by atoms with Crippen molar-refractivity contribution in [2.75, 3.05) is 7.11 Å². The van der Waals surface area contributed by atoms with Gasteiger partial charge in [-0.05, 0) is 29.3 Å². The van der Waals surface area contributed by atoms with Gasteiger partial charge in [-0.3, -0.25) is 0 Å². The number of carbonyl (C=O) groups excluding carboxylic acids is 2. The first-order valence-electron chi connectivity index (χ1n) is 8.60. The van der Waals surface area contributed by atoms with Crippen molar-refractivity contribution >= 4 is 18.0 Å². The minimum atomic E-state index is -0.513. The molecular weight excluding hydrogens is 358 g/mol. The summed E-state index contributed by atoms with van der Waals surface area (Å²) < 4.78 is 11.6. The second kappa shape index (κ2) is 9.27. The van der Waals surface area contributed by atoms with Crippen molar-refractivity contribution in [3.05, 3.63) is 89.3 Å². The minimum absolute atomic E-state index is 0.0503. The zero-order valence-electron chi connectivity index (χ0n) is 15.3. The first-order chi connectivity index (χ1) is 13.6. The Labute approximate surface area is 162 Å².